The molecule has 0 aromatic rings. The third kappa shape index (κ3) is 3.96. The van der Waals surface area contributed by atoms with Crippen molar-refractivity contribution < 1.29 is 8.42 Å². The second kappa shape index (κ2) is 3.81. The van der Waals surface area contributed by atoms with Gasteiger partial charge in [-0.25, -0.2) is 13.1 Å². The quantitative estimate of drug-likeness (QED) is 0.769. The summed E-state index contributed by atoms with van der Waals surface area (Å²) in [6.45, 7) is 6.61. The molecule has 0 spiro atoms. The molecule has 2 atom stereocenters. The monoisotopic (exact) mass is 219 g/mol. The molecule has 0 aromatic carbocycles. The van der Waals surface area contributed by atoms with Crippen molar-refractivity contribution >= 4 is 10.0 Å². The van der Waals surface area contributed by atoms with Crippen LogP contribution in [0.15, 0.2) is 0 Å². The van der Waals surface area contributed by atoms with Gasteiger partial charge in [0, 0.05) is 6.04 Å². The highest BCUT2D eigenvalue weighted by Crippen LogP contribution is 2.38. The summed E-state index contributed by atoms with van der Waals surface area (Å²) in [7, 11) is -3.05. The minimum Gasteiger partial charge on any atom is -0.213 e. The van der Waals surface area contributed by atoms with Crippen LogP contribution in [0.5, 0.6) is 0 Å². The molecule has 4 heteroatoms. The molecule has 14 heavy (non-hydrogen) atoms. The van der Waals surface area contributed by atoms with E-state index in [4.69, 9.17) is 0 Å². The van der Waals surface area contributed by atoms with E-state index >= 15 is 0 Å². The number of nitrogens with one attached hydrogen (secondary N) is 1. The predicted octanol–water partition coefficient (Wildman–Crippen LogP) is 1.75. The fourth-order valence-corrected chi connectivity index (χ4v) is 3.52. The van der Waals surface area contributed by atoms with Gasteiger partial charge in [-0.1, -0.05) is 20.8 Å². The van der Waals surface area contributed by atoms with Gasteiger partial charge in [0.15, 0.2) is 0 Å². The minimum atomic E-state index is -3.05. The van der Waals surface area contributed by atoms with E-state index < -0.39 is 10.0 Å². The summed E-state index contributed by atoms with van der Waals surface area (Å²) < 4.78 is 24.9. The summed E-state index contributed by atoms with van der Waals surface area (Å²) in [5.41, 5.74) is 0.264. The fourth-order valence-electron chi connectivity index (χ4n) is 2.74. The van der Waals surface area contributed by atoms with Crippen molar-refractivity contribution in [1.29, 1.82) is 0 Å². The third-order valence-corrected chi connectivity index (χ3v) is 3.53. The molecule has 0 radical (unpaired) electrons. The smallest absolute Gasteiger partial charge is 0.208 e. The summed E-state index contributed by atoms with van der Waals surface area (Å²) >= 11 is 0. The van der Waals surface area contributed by atoms with Crippen LogP contribution in [0, 0.1) is 11.3 Å². The van der Waals surface area contributed by atoms with Crippen LogP contribution in [0.4, 0.5) is 0 Å². The zero-order valence-electron chi connectivity index (χ0n) is 9.50. The Morgan fingerprint density at radius 1 is 1.29 bits per heavy atom. The van der Waals surface area contributed by atoms with Crippen molar-refractivity contribution in [3.8, 4) is 0 Å². The molecule has 3 nitrogen and oxygen atoms in total. The van der Waals surface area contributed by atoms with Crippen LogP contribution in [0.2, 0.25) is 0 Å². The van der Waals surface area contributed by atoms with Crippen molar-refractivity contribution in [3.05, 3.63) is 0 Å². The Labute approximate surface area is 87.3 Å². The van der Waals surface area contributed by atoms with Gasteiger partial charge in [-0.3, -0.25) is 0 Å². The zero-order valence-corrected chi connectivity index (χ0v) is 10.3. The average molecular weight is 219 g/mol. The molecule has 1 saturated carbocycles. The topological polar surface area (TPSA) is 46.2 Å². The molecule has 0 heterocycles. The summed E-state index contributed by atoms with van der Waals surface area (Å²) in [6.07, 6.45) is 4.34. The maximum Gasteiger partial charge on any atom is 0.208 e. The minimum absolute atomic E-state index is 0.128. The third-order valence-electron chi connectivity index (χ3n) is 2.77. The van der Waals surface area contributed by atoms with Crippen molar-refractivity contribution in [1.82, 2.24) is 4.72 Å². The zero-order chi connectivity index (χ0) is 11.0. The normalized spacial score (nSPS) is 32.9. The maximum atomic E-state index is 11.1. The number of hydrogen-bond donors (Lipinski definition) is 1. The second-order valence-electron chi connectivity index (χ2n) is 5.50. The van der Waals surface area contributed by atoms with E-state index in [1.807, 2.05) is 0 Å². The molecule has 1 N–H and O–H groups in total. The van der Waals surface area contributed by atoms with Gasteiger partial charge < -0.3 is 0 Å². The van der Waals surface area contributed by atoms with Crippen LogP contribution < -0.4 is 4.72 Å². The highest BCUT2D eigenvalue weighted by atomic mass is 32.2. The first-order chi connectivity index (χ1) is 6.18. The Balaban J connectivity index is 2.63. The molecular formula is C10H21NO2S. The van der Waals surface area contributed by atoms with Crippen LogP contribution in [0.25, 0.3) is 0 Å². The SMILES string of the molecule is CC1CC(NS(C)(=O)=O)CC(C)(C)C1. The van der Waals surface area contributed by atoms with Gasteiger partial charge in [-0.15, -0.1) is 0 Å². The highest BCUT2D eigenvalue weighted by Gasteiger charge is 2.32. The molecule has 1 rings (SSSR count). The van der Waals surface area contributed by atoms with E-state index in [1.54, 1.807) is 0 Å². The van der Waals surface area contributed by atoms with E-state index in [9.17, 15) is 8.42 Å². The molecule has 0 bridgehead atoms. The predicted molar refractivity (Wildman–Crippen MR) is 58.6 cm³/mol. The Bertz CT molecular complexity index is 295. The fraction of sp³-hybridized carbons (Fsp3) is 1.00. The van der Waals surface area contributed by atoms with Crippen LogP contribution in [-0.4, -0.2) is 20.7 Å². The van der Waals surface area contributed by atoms with E-state index in [0.717, 1.165) is 12.8 Å². The second-order valence-corrected chi connectivity index (χ2v) is 7.28. The van der Waals surface area contributed by atoms with E-state index in [2.05, 4.69) is 25.5 Å². The van der Waals surface area contributed by atoms with Gasteiger partial charge in [0.05, 0.1) is 6.26 Å². The number of sulfonamides is 1. The lowest BCUT2D eigenvalue weighted by atomic mass is 9.71. The molecule has 1 aliphatic rings. The van der Waals surface area contributed by atoms with Gasteiger partial charge in [-0.05, 0) is 30.6 Å². The molecule has 0 aromatic heterocycles. The molecule has 0 aliphatic heterocycles. The van der Waals surface area contributed by atoms with Crippen LogP contribution >= 0.6 is 0 Å². The first-order valence-electron chi connectivity index (χ1n) is 5.15. The van der Waals surface area contributed by atoms with Gasteiger partial charge >= 0.3 is 0 Å². The Morgan fingerprint density at radius 3 is 2.29 bits per heavy atom. The molecule has 1 aliphatic carbocycles. The summed E-state index contributed by atoms with van der Waals surface area (Å²) in [4.78, 5) is 0. The summed E-state index contributed by atoms with van der Waals surface area (Å²) in [6, 6.07) is 0.128. The standard InChI is InChI=1S/C10H21NO2S/c1-8-5-9(11-14(4,12)13)7-10(2,3)6-8/h8-9,11H,5-7H2,1-4H3. The van der Waals surface area contributed by atoms with Crippen molar-refractivity contribution in [2.75, 3.05) is 6.26 Å². The van der Waals surface area contributed by atoms with Gasteiger partial charge in [0.25, 0.3) is 0 Å². The lowest BCUT2D eigenvalue weighted by Crippen LogP contribution is -2.42. The van der Waals surface area contributed by atoms with Gasteiger partial charge in [0.2, 0.25) is 10.0 Å². The first-order valence-corrected chi connectivity index (χ1v) is 7.04. The lowest BCUT2D eigenvalue weighted by molar-refractivity contribution is 0.163. The molecule has 2 unspecified atom stereocenters. The van der Waals surface area contributed by atoms with Crippen LogP contribution in [0.3, 0.4) is 0 Å². The van der Waals surface area contributed by atoms with E-state index in [-0.39, 0.29) is 11.5 Å². The van der Waals surface area contributed by atoms with Gasteiger partial charge in [-0.2, -0.15) is 0 Å². The van der Waals surface area contributed by atoms with Crippen molar-refractivity contribution in [2.45, 2.75) is 46.1 Å². The summed E-state index contributed by atoms with van der Waals surface area (Å²) in [5.74, 6) is 0.609. The number of hydrogen-bond acceptors (Lipinski definition) is 2. The van der Waals surface area contributed by atoms with Gasteiger partial charge in [0.1, 0.15) is 0 Å². The highest BCUT2D eigenvalue weighted by molar-refractivity contribution is 7.88. The maximum absolute atomic E-state index is 11.1. The van der Waals surface area contributed by atoms with E-state index in [0.29, 0.717) is 5.92 Å². The molecular weight excluding hydrogens is 198 g/mol. The Kier molecular flexibility index (Phi) is 3.26. The molecule has 84 valence electrons. The van der Waals surface area contributed by atoms with E-state index in [1.165, 1.54) is 12.7 Å². The van der Waals surface area contributed by atoms with Crippen molar-refractivity contribution in [2.24, 2.45) is 11.3 Å². The van der Waals surface area contributed by atoms with Crippen molar-refractivity contribution in [3.63, 3.8) is 0 Å². The number of rotatable bonds is 2. The summed E-state index contributed by atoms with van der Waals surface area (Å²) in [5, 5.41) is 0. The molecule has 0 saturated heterocycles. The first kappa shape index (κ1) is 12.0. The lowest BCUT2D eigenvalue weighted by Gasteiger charge is -2.38. The average Bonchev–Trinajstić information content (AvgIpc) is 1.74. The largest absolute Gasteiger partial charge is 0.213 e. The molecule has 1 fully saturated rings. The Morgan fingerprint density at radius 2 is 1.86 bits per heavy atom. The van der Waals surface area contributed by atoms with Crippen LogP contribution in [0.1, 0.15) is 40.0 Å². The Hall–Kier alpha value is -0.0900. The van der Waals surface area contributed by atoms with Crippen LogP contribution in [-0.2, 0) is 10.0 Å². The molecule has 0 amide bonds.